The monoisotopic (exact) mass is 462 g/mol. The van der Waals surface area contributed by atoms with Crippen LogP contribution in [0.1, 0.15) is 55.2 Å². The Balaban J connectivity index is 1.31. The van der Waals surface area contributed by atoms with Crippen molar-refractivity contribution in [2.24, 2.45) is 11.8 Å². The van der Waals surface area contributed by atoms with Crippen LogP contribution in [-0.2, 0) is 11.2 Å². The zero-order chi connectivity index (χ0) is 23.6. The molecule has 1 amide bonds. The van der Waals surface area contributed by atoms with E-state index < -0.39 is 5.63 Å². The van der Waals surface area contributed by atoms with Crippen molar-refractivity contribution in [1.29, 1.82) is 0 Å². The van der Waals surface area contributed by atoms with Crippen molar-refractivity contribution in [3.8, 4) is 5.75 Å². The molecule has 0 spiro atoms. The predicted octanol–water partition coefficient (Wildman–Crippen LogP) is 4.08. The van der Waals surface area contributed by atoms with Gasteiger partial charge in [0, 0.05) is 19.1 Å². The number of likely N-dealkylation sites (tertiary alicyclic amines) is 1. The average Bonchev–Trinajstić information content (AvgIpc) is 2.80. The molecule has 1 N–H and O–H groups in total. The zero-order valence-electron chi connectivity index (χ0n) is 20.2. The number of carbonyl (C=O) groups excluding carboxylic acids is 1. The third kappa shape index (κ3) is 3.49. The molecule has 0 saturated carbocycles. The first-order valence-corrected chi connectivity index (χ1v) is 12.9. The molecule has 2 aromatic rings. The molecule has 4 atom stereocenters. The highest BCUT2D eigenvalue weighted by atomic mass is 16.4. The smallest absolute Gasteiger partial charge is 0.340 e. The Kier molecular flexibility index (Phi) is 5.32. The summed E-state index contributed by atoms with van der Waals surface area (Å²) in [4.78, 5) is 31.3. The summed E-state index contributed by atoms with van der Waals surface area (Å²) >= 11 is 0. The molecular weight excluding hydrogens is 428 g/mol. The first-order chi connectivity index (χ1) is 16.4. The van der Waals surface area contributed by atoms with E-state index in [2.05, 4.69) is 15.9 Å². The number of hydrogen-bond acceptors (Lipinski definition) is 5. The van der Waals surface area contributed by atoms with Gasteiger partial charge in [0.15, 0.2) is 0 Å². The standard InChI is InChI=1S/C28H34N2O4/c1-16-10-23(31)26-17(2)21(28(33)34-24(26)11-16)14-25(32)30-9-5-6-18-12-19-13-20(27(18)30)15-29-8-4-3-7-22(19)29/h10-12,19-20,22,27,31H,3-9,13-15H2,1-2H3/t19?,20?,22-,27-/m1/s1. The van der Waals surface area contributed by atoms with E-state index in [4.69, 9.17) is 4.42 Å². The molecule has 2 unspecified atom stereocenters. The lowest BCUT2D eigenvalue weighted by atomic mass is 9.68. The summed E-state index contributed by atoms with van der Waals surface area (Å²) in [6, 6.07) is 4.26. The number of phenols is 1. The van der Waals surface area contributed by atoms with Crippen molar-refractivity contribution in [3.63, 3.8) is 0 Å². The zero-order valence-corrected chi connectivity index (χ0v) is 20.2. The number of piperidine rings is 3. The molecule has 4 aliphatic rings. The summed E-state index contributed by atoms with van der Waals surface area (Å²) < 4.78 is 5.55. The number of aryl methyl sites for hydroxylation is 2. The molecule has 2 bridgehead atoms. The molecule has 6 heteroatoms. The van der Waals surface area contributed by atoms with Crippen LogP contribution >= 0.6 is 0 Å². The number of amides is 1. The van der Waals surface area contributed by atoms with Crippen LogP contribution in [0.25, 0.3) is 11.0 Å². The van der Waals surface area contributed by atoms with Crippen LogP contribution in [0.3, 0.4) is 0 Å². The molecule has 0 radical (unpaired) electrons. The van der Waals surface area contributed by atoms with Crippen LogP contribution in [0.2, 0.25) is 0 Å². The highest BCUT2D eigenvalue weighted by Gasteiger charge is 2.46. The Bertz CT molecular complexity index is 1250. The van der Waals surface area contributed by atoms with E-state index in [0.717, 1.165) is 31.5 Å². The molecular formula is C28H34N2O4. The second-order valence-electron chi connectivity index (χ2n) is 10.9. The Morgan fingerprint density at radius 2 is 2.03 bits per heavy atom. The van der Waals surface area contributed by atoms with Gasteiger partial charge < -0.3 is 14.4 Å². The molecule has 1 aromatic heterocycles. The van der Waals surface area contributed by atoms with Crippen LogP contribution in [0.5, 0.6) is 5.75 Å². The molecule has 4 heterocycles. The van der Waals surface area contributed by atoms with Gasteiger partial charge in [-0.05, 0) is 87.6 Å². The molecule has 3 fully saturated rings. The number of nitrogens with zero attached hydrogens (tertiary/aromatic N) is 2. The molecule has 34 heavy (non-hydrogen) atoms. The Morgan fingerprint density at radius 1 is 1.18 bits per heavy atom. The number of benzene rings is 1. The van der Waals surface area contributed by atoms with E-state index in [1.165, 1.54) is 37.8 Å². The van der Waals surface area contributed by atoms with E-state index >= 15 is 0 Å². The fourth-order valence-corrected chi connectivity index (χ4v) is 7.37. The summed E-state index contributed by atoms with van der Waals surface area (Å²) in [5.41, 5.74) is 3.16. The first kappa shape index (κ1) is 21.9. The molecule has 180 valence electrons. The molecule has 3 aliphatic heterocycles. The molecule has 1 aliphatic carbocycles. The highest BCUT2D eigenvalue weighted by molar-refractivity contribution is 5.89. The van der Waals surface area contributed by atoms with E-state index in [-0.39, 0.29) is 24.1 Å². The quantitative estimate of drug-likeness (QED) is 0.538. The van der Waals surface area contributed by atoms with E-state index in [1.54, 1.807) is 19.1 Å². The number of hydrogen-bond donors (Lipinski definition) is 1. The van der Waals surface area contributed by atoms with Gasteiger partial charge in [-0.25, -0.2) is 4.79 Å². The highest BCUT2D eigenvalue weighted by Crippen LogP contribution is 2.45. The minimum absolute atomic E-state index is 0.00355. The van der Waals surface area contributed by atoms with Crippen LogP contribution in [0, 0.1) is 25.7 Å². The van der Waals surface area contributed by atoms with Gasteiger partial charge in [0.25, 0.3) is 0 Å². The predicted molar refractivity (Wildman–Crippen MR) is 131 cm³/mol. The summed E-state index contributed by atoms with van der Waals surface area (Å²) in [6.07, 6.45) is 9.68. The van der Waals surface area contributed by atoms with Gasteiger partial charge in [0.2, 0.25) is 5.91 Å². The van der Waals surface area contributed by atoms with Crippen LogP contribution < -0.4 is 5.63 Å². The fraction of sp³-hybridized carbons (Fsp3) is 0.571. The van der Waals surface area contributed by atoms with E-state index in [1.807, 2.05) is 6.92 Å². The van der Waals surface area contributed by atoms with Crippen molar-refractivity contribution >= 4 is 16.9 Å². The van der Waals surface area contributed by atoms with Crippen molar-refractivity contribution < 1.29 is 14.3 Å². The second-order valence-corrected chi connectivity index (χ2v) is 10.9. The molecule has 6 nitrogen and oxygen atoms in total. The Labute approximate surface area is 200 Å². The maximum absolute atomic E-state index is 13.7. The molecule has 1 aromatic carbocycles. The third-order valence-corrected chi connectivity index (χ3v) is 8.81. The Morgan fingerprint density at radius 3 is 2.88 bits per heavy atom. The van der Waals surface area contributed by atoms with Gasteiger partial charge in [-0.3, -0.25) is 9.69 Å². The number of rotatable bonds is 2. The summed E-state index contributed by atoms with van der Waals surface area (Å²) in [5.74, 6) is 1.19. The van der Waals surface area contributed by atoms with Crippen LogP contribution in [-0.4, -0.2) is 52.5 Å². The molecule has 3 saturated heterocycles. The summed E-state index contributed by atoms with van der Waals surface area (Å²) in [5, 5.41) is 11.0. The lowest BCUT2D eigenvalue weighted by Gasteiger charge is -2.54. The van der Waals surface area contributed by atoms with Crippen molar-refractivity contribution in [1.82, 2.24) is 9.80 Å². The van der Waals surface area contributed by atoms with Gasteiger partial charge in [0.05, 0.1) is 23.4 Å². The van der Waals surface area contributed by atoms with Crippen molar-refractivity contribution in [3.05, 3.63) is 50.9 Å². The number of fused-ring (bicyclic) bond motifs is 7. The third-order valence-electron chi connectivity index (χ3n) is 8.81. The topological polar surface area (TPSA) is 74.0 Å². The largest absolute Gasteiger partial charge is 0.507 e. The van der Waals surface area contributed by atoms with Crippen molar-refractivity contribution in [2.45, 2.75) is 70.9 Å². The Hall–Kier alpha value is -2.60. The number of phenolic OH excluding ortho intramolecular Hbond substituents is 1. The van der Waals surface area contributed by atoms with Crippen molar-refractivity contribution in [2.75, 3.05) is 19.6 Å². The summed E-state index contributed by atoms with van der Waals surface area (Å²) in [7, 11) is 0. The van der Waals surface area contributed by atoms with Gasteiger partial charge in [-0.15, -0.1) is 0 Å². The fourth-order valence-electron chi connectivity index (χ4n) is 7.37. The van der Waals surface area contributed by atoms with E-state index in [0.29, 0.717) is 40.0 Å². The van der Waals surface area contributed by atoms with Gasteiger partial charge >= 0.3 is 5.63 Å². The van der Waals surface area contributed by atoms with Gasteiger partial charge in [-0.1, -0.05) is 18.1 Å². The number of carbonyl (C=O) groups is 1. The minimum atomic E-state index is -0.478. The lowest BCUT2D eigenvalue weighted by Crippen LogP contribution is -2.60. The normalized spacial score (nSPS) is 28.9. The number of aromatic hydroxyl groups is 1. The van der Waals surface area contributed by atoms with Crippen LogP contribution in [0.4, 0.5) is 0 Å². The maximum atomic E-state index is 13.7. The van der Waals surface area contributed by atoms with Gasteiger partial charge in [-0.2, -0.15) is 0 Å². The first-order valence-electron chi connectivity index (χ1n) is 12.9. The average molecular weight is 463 g/mol. The molecule has 6 rings (SSSR count). The minimum Gasteiger partial charge on any atom is -0.507 e. The second kappa shape index (κ2) is 8.26. The van der Waals surface area contributed by atoms with Gasteiger partial charge in [0.1, 0.15) is 11.3 Å². The van der Waals surface area contributed by atoms with Crippen LogP contribution in [0.15, 0.2) is 33.0 Å². The summed E-state index contributed by atoms with van der Waals surface area (Å²) in [6.45, 7) is 6.66. The SMILES string of the molecule is Cc1cc(O)c2c(C)c(CC(=O)N3CCCC4=CC5CC(CN6CCCC[C@H]56)[C@@H]43)c(=O)oc2c1. The maximum Gasteiger partial charge on any atom is 0.340 e. The van der Waals surface area contributed by atoms with E-state index in [9.17, 15) is 14.7 Å². The lowest BCUT2D eigenvalue weighted by molar-refractivity contribution is -0.135.